The molecule has 10 aromatic rings. The summed E-state index contributed by atoms with van der Waals surface area (Å²) in [6.07, 6.45) is 0. The lowest BCUT2D eigenvalue weighted by Crippen LogP contribution is -2.10. The fourth-order valence-corrected chi connectivity index (χ4v) is 7.44. The molecule has 0 N–H and O–H groups in total. The van der Waals surface area contributed by atoms with Gasteiger partial charge in [-0.25, -0.2) is 4.98 Å². The lowest BCUT2D eigenvalue weighted by molar-refractivity contribution is 0.623. The Hall–Kier alpha value is -6.91. The first kappa shape index (κ1) is 29.0. The number of rotatable bonds is 6. The molecule has 0 amide bonds. The van der Waals surface area contributed by atoms with Gasteiger partial charge in [0.2, 0.25) is 5.89 Å². The van der Waals surface area contributed by atoms with E-state index in [1.165, 1.54) is 27.4 Å². The quantitative estimate of drug-likeness (QED) is 0.179. The Morgan fingerprint density at radius 2 is 1.12 bits per heavy atom. The zero-order chi connectivity index (χ0) is 33.7. The van der Waals surface area contributed by atoms with Crippen molar-refractivity contribution >= 4 is 60.7 Å². The van der Waals surface area contributed by atoms with Gasteiger partial charge in [-0.3, -0.25) is 0 Å². The van der Waals surface area contributed by atoms with Gasteiger partial charge in [-0.1, -0.05) is 121 Å². The van der Waals surface area contributed by atoms with Crippen molar-refractivity contribution in [1.29, 1.82) is 0 Å². The summed E-state index contributed by atoms with van der Waals surface area (Å²) in [4.78, 5) is 7.30. The van der Waals surface area contributed by atoms with E-state index in [1.807, 2.05) is 30.3 Å². The summed E-state index contributed by atoms with van der Waals surface area (Å²) in [5, 5.41) is 4.53. The average molecular weight is 654 g/mol. The third-order valence-electron chi connectivity index (χ3n) is 9.80. The van der Waals surface area contributed by atoms with Gasteiger partial charge >= 0.3 is 0 Å². The van der Waals surface area contributed by atoms with Crippen molar-refractivity contribution in [3.63, 3.8) is 0 Å². The van der Waals surface area contributed by atoms with Crippen LogP contribution in [0.2, 0.25) is 0 Å². The Bertz CT molecular complexity index is 2840. The summed E-state index contributed by atoms with van der Waals surface area (Å²) in [5.74, 6) is 0.612. The Morgan fingerprint density at radius 3 is 1.90 bits per heavy atom. The van der Waals surface area contributed by atoms with Gasteiger partial charge in [-0.15, -0.1) is 0 Å². The maximum absolute atomic E-state index is 6.65. The molecule has 0 radical (unpaired) electrons. The standard InChI is InChI=1S/C47H31N3O/c1-4-13-32(14-5-1)33-23-26-37(27-24-33)49(38-28-29-40-39-20-10-11-21-42(39)50(44(40)31-38)36-18-8-3-9-19-36)43-22-12-17-34-25-30-41-46(45(34)43)51-47(48-41)35-15-6-2-7-16-35/h1-31H. The van der Waals surface area contributed by atoms with Gasteiger partial charge in [0.15, 0.2) is 5.58 Å². The summed E-state index contributed by atoms with van der Waals surface area (Å²) < 4.78 is 9.02. The number of para-hydroxylation sites is 2. The van der Waals surface area contributed by atoms with Crippen LogP contribution < -0.4 is 4.90 Å². The summed E-state index contributed by atoms with van der Waals surface area (Å²) >= 11 is 0. The largest absolute Gasteiger partial charge is 0.435 e. The molecule has 0 atom stereocenters. The van der Waals surface area contributed by atoms with E-state index in [9.17, 15) is 0 Å². The number of aromatic nitrogens is 2. The van der Waals surface area contributed by atoms with Crippen molar-refractivity contribution < 1.29 is 4.42 Å². The van der Waals surface area contributed by atoms with E-state index < -0.39 is 0 Å². The van der Waals surface area contributed by atoms with Crippen molar-refractivity contribution in [1.82, 2.24) is 9.55 Å². The highest BCUT2D eigenvalue weighted by Crippen LogP contribution is 2.44. The van der Waals surface area contributed by atoms with E-state index >= 15 is 0 Å². The molecule has 0 unspecified atom stereocenters. The highest BCUT2D eigenvalue weighted by molar-refractivity contribution is 6.14. The third kappa shape index (κ3) is 4.88. The highest BCUT2D eigenvalue weighted by Gasteiger charge is 2.22. The van der Waals surface area contributed by atoms with E-state index in [4.69, 9.17) is 9.40 Å². The Labute approximate surface area is 295 Å². The fraction of sp³-hybridized carbons (Fsp3) is 0. The van der Waals surface area contributed by atoms with Crippen molar-refractivity contribution in [2.45, 2.75) is 0 Å². The van der Waals surface area contributed by atoms with Crippen molar-refractivity contribution in [2.75, 3.05) is 4.90 Å². The van der Waals surface area contributed by atoms with Crippen LogP contribution in [0.3, 0.4) is 0 Å². The smallest absolute Gasteiger partial charge is 0.227 e. The Kier molecular flexibility index (Phi) is 6.78. The van der Waals surface area contributed by atoms with Crippen LogP contribution in [0, 0.1) is 0 Å². The minimum atomic E-state index is 0.612. The van der Waals surface area contributed by atoms with Gasteiger partial charge in [0.05, 0.1) is 22.1 Å². The predicted molar refractivity (Wildman–Crippen MR) is 211 cm³/mol. The van der Waals surface area contributed by atoms with Crippen LogP contribution in [0.4, 0.5) is 17.1 Å². The molecule has 0 aliphatic rings. The van der Waals surface area contributed by atoms with Crippen LogP contribution in [0.25, 0.3) is 71.9 Å². The van der Waals surface area contributed by atoms with Crippen molar-refractivity contribution in [2.24, 2.45) is 0 Å². The molecule has 8 aromatic carbocycles. The van der Waals surface area contributed by atoms with Gasteiger partial charge in [0, 0.05) is 33.4 Å². The van der Waals surface area contributed by atoms with Gasteiger partial charge in [0.25, 0.3) is 0 Å². The molecule has 0 spiro atoms. The molecule has 240 valence electrons. The Balaban J connectivity index is 1.24. The van der Waals surface area contributed by atoms with Crippen LogP contribution >= 0.6 is 0 Å². The lowest BCUT2D eigenvalue weighted by Gasteiger charge is -2.27. The molecule has 0 aliphatic carbocycles. The fourth-order valence-electron chi connectivity index (χ4n) is 7.44. The summed E-state index contributed by atoms with van der Waals surface area (Å²) in [6.45, 7) is 0. The van der Waals surface area contributed by atoms with Crippen LogP contribution in [0.15, 0.2) is 192 Å². The number of fused-ring (bicyclic) bond motifs is 6. The van der Waals surface area contributed by atoms with E-state index in [1.54, 1.807) is 0 Å². The number of oxazole rings is 1. The van der Waals surface area contributed by atoms with Crippen molar-refractivity contribution in [3.05, 3.63) is 188 Å². The topological polar surface area (TPSA) is 34.2 Å². The van der Waals surface area contributed by atoms with Crippen LogP contribution in [-0.2, 0) is 0 Å². The van der Waals surface area contributed by atoms with Crippen molar-refractivity contribution in [3.8, 4) is 28.3 Å². The minimum absolute atomic E-state index is 0.612. The summed E-state index contributed by atoms with van der Waals surface area (Å²) in [7, 11) is 0. The molecule has 0 aliphatic heterocycles. The van der Waals surface area contributed by atoms with Gasteiger partial charge in [-0.05, 0) is 83.2 Å². The minimum Gasteiger partial charge on any atom is -0.435 e. The molecular formula is C47H31N3O. The number of hydrogen-bond donors (Lipinski definition) is 0. The molecule has 2 heterocycles. The second-order valence-electron chi connectivity index (χ2n) is 12.8. The summed E-state index contributed by atoms with van der Waals surface area (Å²) in [5.41, 5.74) is 11.5. The first-order valence-corrected chi connectivity index (χ1v) is 17.2. The lowest BCUT2D eigenvalue weighted by atomic mass is 10.0. The Morgan fingerprint density at radius 1 is 0.471 bits per heavy atom. The number of anilines is 3. The maximum Gasteiger partial charge on any atom is 0.227 e. The van der Waals surface area contributed by atoms with E-state index in [0.29, 0.717) is 5.89 Å². The molecule has 0 saturated carbocycles. The van der Waals surface area contributed by atoms with E-state index in [-0.39, 0.29) is 0 Å². The molecule has 51 heavy (non-hydrogen) atoms. The highest BCUT2D eigenvalue weighted by atomic mass is 16.3. The molecule has 2 aromatic heterocycles. The molecule has 0 saturated heterocycles. The van der Waals surface area contributed by atoms with E-state index in [0.717, 1.165) is 55.7 Å². The first-order valence-electron chi connectivity index (χ1n) is 17.2. The van der Waals surface area contributed by atoms with Gasteiger partial charge in [0.1, 0.15) is 5.52 Å². The number of hydrogen-bond acceptors (Lipinski definition) is 3. The second-order valence-corrected chi connectivity index (χ2v) is 12.8. The molecule has 10 rings (SSSR count). The summed E-state index contributed by atoms with van der Waals surface area (Å²) in [6, 6.07) is 66.2. The third-order valence-corrected chi connectivity index (χ3v) is 9.80. The molecule has 4 nitrogen and oxygen atoms in total. The normalized spacial score (nSPS) is 11.5. The molecule has 0 fully saturated rings. The van der Waals surface area contributed by atoms with Crippen LogP contribution in [0.1, 0.15) is 0 Å². The number of nitrogens with zero attached hydrogens (tertiary/aromatic N) is 3. The van der Waals surface area contributed by atoms with E-state index in [2.05, 4.69) is 167 Å². The zero-order valence-corrected chi connectivity index (χ0v) is 27.6. The van der Waals surface area contributed by atoms with Gasteiger partial charge in [-0.2, -0.15) is 0 Å². The zero-order valence-electron chi connectivity index (χ0n) is 27.6. The molecule has 0 bridgehead atoms. The molecular weight excluding hydrogens is 623 g/mol. The number of benzene rings is 8. The maximum atomic E-state index is 6.65. The van der Waals surface area contributed by atoms with Gasteiger partial charge < -0.3 is 13.9 Å². The monoisotopic (exact) mass is 653 g/mol. The average Bonchev–Trinajstić information content (AvgIpc) is 3.79. The second kappa shape index (κ2) is 11.9. The predicted octanol–water partition coefficient (Wildman–Crippen LogP) is 12.9. The van der Waals surface area contributed by atoms with Crippen LogP contribution in [-0.4, -0.2) is 9.55 Å². The van der Waals surface area contributed by atoms with Crippen LogP contribution in [0.5, 0.6) is 0 Å². The molecule has 4 heteroatoms. The first-order chi connectivity index (χ1) is 25.3. The SMILES string of the molecule is c1ccc(-c2ccc(N(c3ccc4c5ccccc5n(-c5ccccc5)c4c3)c3cccc4ccc5nc(-c6ccccc6)oc5c34)cc2)cc1.